The van der Waals surface area contributed by atoms with Crippen LogP contribution in [-0.4, -0.2) is 47.7 Å². The van der Waals surface area contributed by atoms with Gasteiger partial charge in [-0.25, -0.2) is 4.79 Å². The smallest absolute Gasteiger partial charge is 0.334 e. The zero-order chi connectivity index (χ0) is 13.8. The second-order valence-corrected chi connectivity index (χ2v) is 4.71. The molecule has 1 aliphatic heterocycles. The van der Waals surface area contributed by atoms with Gasteiger partial charge >= 0.3 is 5.97 Å². The molecule has 1 heterocycles. The Hall–Kier alpha value is -1.59. The Morgan fingerprint density at radius 3 is 2.84 bits per heavy atom. The topological polar surface area (TPSA) is 66.8 Å². The molecule has 1 aromatic carbocycles. The van der Waals surface area contributed by atoms with E-state index < -0.39 is 12.1 Å². The third-order valence-electron chi connectivity index (χ3n) is 2.99. The summed E-state index contributed by atoms with van der Waals surface area (Å²) in [6, 6.07) is 7.12. The number of aliphatic carboxylic acids is 1. The van der Waals surface area contributed by atoms with Crippen molar-refractivity contribution in [2.75, 3.05) is 19.7 Å². The van der Waals surface area contributed by atoms with Crippen molar-refractivity contribution in [1.82, 2.24) is 4.90 Å². The summed E-state index contributed by atoms with van der Waals surface area (Å²) in [4.78, 5) is 24.5. The maximum atomic E-state index is 12.1. The molecule has 0 aromatic heterocycles. The van der Waals surface area contributed by atoms with Crippen LogP contribution in [0.15, 0.2) is 24.3 Å². The van der Waals surface area contributed by atoms with Crippen LogP contribution in [0.4, 0.5) is 0 Å². The molecule has 0 spiro atoms. The molecule has 5 nitrogen and oxygen atoms in total. The number of hydrogen-bond donors (Lipinski definition) is 1. The van der Waals surface area contributed by atoms with Crippen molar-refractivity contribution in [3.63, 3.8) is 0 Å². The van der Waals surface area contributed by atoms with E-state index >= 15 is 0 Å². The molecule has 2 rings (SSSR count). The first-order valence-corrected chi connectivity index (χ1v) is 6.31. The highest BCUT2D eigenvalue weighted by atomic mass is 35.5. The number of carboxylic acids is 1. The van der Waals surface area contributed by atoms with Crippen LogP contribution in [0.2, 0.25) is 5.02 Å². The molecule has 1 aliphatic rings. The predicted octanol–water partition coefficient (Wildman–Crippen LogP) is 1.19. The number of halogens is 1. The van der Waals surface area contributed by atoms with Gasteiger partial charge in [0.05, 0.1) is 19.6 Å². The van der Waals surface area contributed by atoms with Gasteiger partial charge in [-0.2, -0.15) is 0 Å². The van der Waals surface area contributed by atoms with Gasteiger partial charge in [0, 0.05) is 11.6 Å². The SMILES string of the molecule is O=C(O)[C@H]1CN(C(=O)Cc2ccccc2Cl)CCO1. The maximum absolute atomic E-state index is 12.1. The second kappa shape index (κ2) is 6.04. The first kappa shape index (κ1) is 13.8. The summed E-state index contributed by atoms with van der Waals surface area (Å²) in [5, 5.41) is 9.43. The molecule has 1 amide bonds. The molecule has 0 radical (unpaired) electrons. The highest BCUT2D eigenvalue weighted by molar-refractivity contribution is 6.31. The van der Waals surface area contributed by atoms with E-state index in [1.807, 2.05) is 6.07 Å². The molecule has 1 aromatic rings. The molecule has 1 atom stereocenters. The summed E-state index contributed by atoms with van der Waals surface area (Å²) >= 11 is 6.00. The Kier molecular flexibility index (Phi) is 4.39. The molecule has 6 heteroatoms. The number of carbonyl (C=O) groups excluding carboxylic acids is 1. The van der Waals surface area contributed by atoms with Crippen molar-refractivity contribution in [2.24, 2.45) is 0 Å². The lowest BCUT2D eigenvalue weighted by atomic mass is 10.1. The fourth-order valence-electron chi connectivity index (χ4n) is 1.94. The Morgan fingerprint density at radius 1 is 1.42 bits per heavy atom. The highest BCUT2D eigenvalue weighted by Crippen LogP contribution is 2.17. The lowest BCUT2D eigenvalue weighted by molar-refractivity contribution is -0.159. The minimum absolute atomic E-state index is 0.0820. The number of nitrogens with zero attached hydrogens (tertiary/aromatic N) is 1. The van der Waals surface area contributed by atoms with Gasteiger partial charge in [-0.3, -0.25) is 4.79 Å². The van der Waals surface area contributed by atoms with Gasteiger partial charge in [0.15, 0.2) is 6.10 Å². The summed E-state index contributed by atoms with van der Waals surface area (Å²) in [6.45, 7) is 0.733. The summed E-state index contributed by atoms with van der Waals surface area (Å²) in [5.74, 6) is -1.18. The molecular formula is C13H14ClNO4. The first-order valence-electron chi connectivity index (χ1n) is 5.93. The zero-order valence-electron chi connectivity index (χ0n) is 10.2. The minimum Gasteiger partial charge on any atom is -0.479 e. The van der Waals surface area contributed by atoms with Gasteiger partial charge in [-0.05, 0) is 11.6 Å². The molecule has 1 fully saturated rings. The fourth-order valence-corrected chi connectivity index (χ4v) is 2.14. The fraction of sp³-hybridized carbons (Fsp3) is 0.385. The summed E-state index contributed by atoms with van der Waals surface area (Å²) < 4.78 is 5.07. The Morgan fingerprint density at radius 2 is 2.16 bits per heavy atom. The number of benzene rings is 1. The lowest BCUT2D eigenvalue weighted by Gasteiger charge is -2.31. The monoisotopic (exact) mass is 283 g/mol. The van der Waals surface area contributed by atoms with Crippen LogP contribution < -0.4 is 0 Å². The predicted molar refractivity (Wildman–Crippen MR) is 69.1 cm³/mol. The maximum Gasteiger partial charge on any atom is 0.334 e. The van der Waals surface area contributed by atoms with E-state index in [4.69, 9.17) is 21.4 Å². The minimum atomic E-state index is -1.05. The van der Waals surface area contributed by atoms with E-state index in [-0.39, 0.29) is 25.5 Å². The molecule has 0 bridgehead atoms. The van der Waals surface area contributed by atoms with E-state index in [1.165, 1.54) is 4.90 Å². The van der Waals surface area contributed by atoms with Crippen LogP contribution in [0.3, 0.4) is 0 Å². The summed E-state index contributed by atoms with van der Waals surface area (Å²) in [5.41, 5.74) is 0.743. The van der Waals surface area contributed by atoms with Crippen molar-refractivity contribution in [1.29, 1.82) is 0 Å². The number of carbonyl (C=O) groups is 2. The molecular weight excluding hydrogens is 270 g/mol. The first-order chi connectivity index (χ1) is 9.08. The number of ether oxygens (including phenoxy) is 1. The van der Waals surface area contributed by atoms with Gasteiger partial charge < -0.3 is 14.7 Å². The summed E-state index contributed by atoms with van der Waals surface area (Å²) in [6.07, 6.45) is -0.768. The Labute approximate surface area is 115 Å². The van der Waals surface area contributed by atoms with E-state index in [9.17, 15) is 9.59 Å². The van der Waals surface area contributed by atoms with Crippen LogP contribution in [0, 0.1) is 0 Å². The molecule has 0 aliphatic carbocycles. The van der Waals surface area contributed by atoms with Crippen molar-refractivity contribution < 1.29 is 19.4 Å². The van der Waals surface area contributed by atoms with Crippen LogP contribution in [0.5, 0.6) is 0 Å². The lowest BCUT2D eigenvalue weighted by Crippen LogP contribution is -2.49. The van der Waals surface area contributed by atoms with Crippen molar-refractivity contribution >= 4 is 23.5 Å². The van der Waals surface area contributed by atoms with Gasteiger partial charge in [0.1, 0.15) is 0 Å². The highest BCUT2D eigenvalue weighted by Gasteiger charge is 2.28. The van der Waals surface area contributed by atoms with E-state index in [0.717, 1.165) is 5.56 Å². The average molecular weight is 284 g/mol. The molecule has 1 N–H and O–H groups in total. The van der Waals surface area contributed by atoms with Gasteiger partial charge in [-0.15, -0.1) is 0 Å². The molecule has 0 unspecified atom stereocenters. The number of hydrogen-bond acceptors (Lipinski definition) is 3. The van der Waals surface area contributed by atoms with Crippen molar-refractivity contribution in [2.45, 2.75) is 12.5 Å². The Bertz CT molecular complexity index is 491. The number of morpholine rings is 1. The zero-order valence-corrected chi connectivity index (χ0v) is 11.0. The van der Waals surface area contributed by atoms with Crippen molar-refractivity contribution in [3.8, 4) is 0 Å². The van der Waals surface area contributed by atoms with E-state index in [0.29, 0.717) is 11.6 Å². The van der Waals surface area contributed by atoms with Gasteiger partial charge in [0.25, 0.3) is 0 Å². The molecule has 102 valence electrons. The third kappa shape index (κ3) is 3.45. The quantitative estimate of drug-likeness (QED) is 0.905. The van der Waals surface area contributed by atoms with Crippen LogP contribution >= 0.6 is 11.6 Å². The van der Waals surface area contributed by atoms with Crippen LogP contribution in [-0.2, 0) is 20.7 Å². The third-order valence-corrected chi connectivity index (χ3v) is 3.36. The number of carboxylic acid groups (broad SMARTS) is 1. The Balaban J connectivity index is 2.00. The van der Waals surface area contributed by atoms with Crippen LogP contribution in [0.25, 0.3) is 0 Å². The van der Waals surface area contributed by atoms with Gasteiger partial charge in [-0.1, -0.05) is 29.8 Å². The van der Waals surface area contributed by atoms with Crippen LogP contribution in [0.1, 0.15) is 5.56 Å². The molecule has 0 saturated carbocycles. The molecule has 1 saturated heterocycles. The van der Waals surface area contributed by atoms with E-state index in [2.05, 4.69) is 0 Å². The number of rotatable bonds is 3. The normalized spacial score (nSPS) is 19.2. The standard InChI is InChI=1S/C13H14ClNO4/c14-10-4-2-1-3-9(10)7-12(16)15-5-6-19-11(8-15)13(17)18/h1-4,11H,5-8H2,(H,17,18)/t11-/m1/s1. The summed E-state index contributed by atoms with van der Waals surface area (Å²) in [7, 11) is 0. The molecule has 19 heavy (non-hydrogen) atoms. The van der Waals surface area contributed by atoms with E-state index in [1.54, 1.807) is 18.2 Å². The number of amides is 1. The largest absolute Gasteiger partial charge is 0.479 e. The van der Waals surface area contributed by atoms with Crippen molar-refractivity contribution in [3.05, 3.63) is 34.9 Å². The van der Waals surface area contributed by atoms with Gasteiger partial charge in [0.2, 0.25) is 5.91 Å². The second-order valence-electron chi connectivity index (χ2n) is 4.31. The average Bonchev–Trinajstić information content (AvgIpc) is 2.41.